The molecule has 0 spiro atoms. The Balaban J connectivity index is 1.66. The molecule has 4 nitrogen and oxygen atoms in total. The summed E-state index contributed by atoms with van der Waals surface area (Å²) in [7, 11) is 0. The molecular weight excluding hydrogens is 312 g/mol. The summed E-state index contributed by atoms with van der Waals surface area (Å²) in [5.41, 5.74) is 1.13. The van der Waals surface area contributed by atoms with Gasteiger partial charge in [-0.15, -0.1) is 0 Å². The molecule has 0 aromatic heterocycles. The molecule has 1 aliphatic rings. The van der Waals surface area contributed by atoms with Gasteiger partial charge in [0.25, 0.3) is 0 Å². The second-order valence-electron chi connectivity index (χ2n) is 6.58. The van der Waals surface area contributed by atoms with Crippen molar-refractivity contribution in [1.29, 1.82) is 0 Å². The lowest BCUT2D eigenvalue weighted by Gasteiger charge is -2.33. The molecule has 0 saturated carbocycles. The van der Waals surface area contributed by atoms with Crippen LogP contribution in [0.4, 0.5) is 0 Å². The fraction of sp³-hybridized carbons (Fsp3) is 0.611. The molecule has 23 heavy (non-hydrogen) atoms. The first-order valence-corrected chi connectivity index (χ1v) is 8.76. The number of carbonyl (C=O) groups is 1. The Bertz CT molecular complexity index is 490. The van der Waals surface area contributed by atoms with Gasteiger partial charge in [-0.1, -0.05) is 37.6 Å². The molecule has 1 aliphatic heterocycles. The van der Waals surface area contributed by atoms with Crippen molar-refractivity contribution in [2.75, 3.05) is 32.8 Å². The van der Waals surface area contributed by atoms with Gasteiger partial charge in [-0.05, 0) is 30.0 Å². The quantitative estimate of drug-likeness (QED) is 0.831. The summed E-state index contributed by atoms with van der Waals surface area (Å²) in [5.74, 6) is 0.729. The summed E-state index contributed by atoms with van der Waals surface area (Å²) in [6, 6.07) is 7.63. The fourth-order valence-electron chi connectivity index (χ4n) is 2.81. The third-order valence-corrected chi connectivity index (χ3v) is 4.18. The number of morpholine rings is 1. The Kier molecular flexibility index (Phi) is 7.34. The van der Waals surface area contributed by atoms with E-state index < -0.39 is 0 Å². The molecule has 128 valence electrons. The van der Waals surface area contributed by atoms with Gasteiger partial charge in [-0.3, -0.25) is 9.69 Å². The van der Waals surface area contributed by atoms with Crippen molar-refractivity contribution in [3.05, 3.63) is 34.9 Å². The summed E-state index contributed by atoms with van der Waals surface area (Å²) in [4.78, 5) is 14.4. The Morgan fingerprint density at radius 3 is 2.83 bits per heavy atom. The van der Waals surface area contributed by atoms with Crippen molar-refractivity contribution in [3.8, 4) is 0 Å². The number of amides is 1. The van der Waals surface area contributed by atoms with E-state index >= 15 is 0 Å². The van der Waals surface area contributed by atoms with Gasteiger partial charge >= 0.3 is 0 Å². The molecule has 1 unspecified atom stereocenters. The van der Waals surface area contributed by atoms with Gasteiger partial charge in [0, 0.05) is 37.6 Å². The zero-order valence-corrected chi connectivity index (χ0v) is 14.8. The van der Waals surface area contributed by atoms with Crippen LogP contribution in [-0.4, -0.2) is 49.7 Å². The number of rotatable bonds is 7. The van der Waals surface area contributed by atoms with Crippen molar-refractivity contribution in [1.82, 2.24) is 10.2 Å². The van der Waals surface area contributed by atoms with Crippen LogP contribution in [0.15, 0.2) is 24.3 Å². The van der Waals surface area contributed by atoms with E-state index in [0.29, 0.717) is 18.9 Å². The second kappa shape index (κ2) is 9.26. The molecule has 1 N–H and O–H groups in total. The van der Waals surface area contributed by atoms with Crippen molar-refractivity contribution >= 4 is 17.5 Å². The maximum Gasteiger partial charge on any atom is 0.220 e. The largest absolute Gasteiger partial charge is 0.374 e. The minimum atomic E-state index is 0.0736. The number of halogens is 1. The Morgan fingerprint density at radius 2 is 2.13 bits per heavy atom. The lowest BCUT2D eigenvalue weighted by molar-refractivity contribution is -0.122. The van der Waals surface area contributed by atoms with E-state index in [-0.39, 0.29) is 12.0 Å². The highest BCUT2D eigenvalue weighted by Gasteiger charge is 2.21. The van der Waals surface area contributed by atoms with E-state index in [9.17, 15) is 4.79 Å². The predicted molar refractivity (Wildman–Crippen MR) is 93.8 cm³/mol. The average Bonchev–Trinajstić information content (AvgIpc) is 2.52. The van der Waals surface area contributed by atoms with Crippen molar-refractivity contribution in [2.24, 2.45) is 5.92 Å². The van der Waals surface area contributed by atoms with E-state index in [4.69, 9.17) is 16.3 Å². The molecule has 0 bridgehead atoms. The summed E-state index contributed by atoms with van der Waals surface area (Å²) in [6.45, 7) is 8.76. The zero-order chi connectivity index (χ0) is 16.7. The van der Waals surface area contributed by atoms with Gasteiger partial charge in [0.2, 0.25) is 5.91 Å². The van der Waals surface area contributed by atoms with E-state index in [1.807, 2.05) is 24.3 Å². The van der Waals surface area contributed by atoms with Gasteiger partial charge in [-0.25, -0.2) is 0 Å². The predicted octanol–water partition coefficient (Wildman–Crippen LogP) is 2.75. The molecule has 1 heterocycles. The van der Waals surface area contributed by atoms with Crippen LogP contribution in [-0.2, 0) is 16.0 Å². The molecule has 1 aromatic rings. The number of benzene rings is 1. The molecule has 1 aromatic carbocycles. The lowest BCUT2D eigenvalue weighted by atomic mass is 10.1. The van der Waals surface area contributed by atoms with E-state index in [1.54, 1.807) is 0 Å². The number of ether oxygens (including phenoxy) is 1. The third kappa shape index (κ3) is 6.90. The smallest absolute Gasteiger partial charge is 0.220 e. The van der Waals surface area contributed by atoms with E-state index in [1.165, 1.54) is 0 Å². The van der Waals surface area contributed by atoms with Crippen LogP contribution in [0.25, 0.3) is 0 Å². The van der Waals surface area contributed by atoms with Crippen molar-refractivity contribution in [2.45, 2.75) is 32.8 Å². The molecule has 1 fully saturated rings. The van der Waals surface area contributed by atoms with Crippen LogP contribution >= 0.6 is 11.6 Å². The first-order valence-electron chi connectivity index (χ1n) is 8.38. The highest BCUT2D eigenvalue weighted by molar-refractivity contribution is 6.30. The fourth-order valence-corrected chi connectivity index (χ4v) is 2.94. The number of nitrogens with one attached hydrogen (secondary N) is 1. The summed E-state index contributed by atoms with van der Waals surface area (Å²) >= 11 is 5.86. The van der Waals surface area contributed by atoms with E-state index in [2.05, 4.69) is 24.1 Å². The number of hydrogen-bond acceptors (Lipinski definition) is 3. The second-order valence-corrected chi connectivity index (χ2v) is 7.01. The minimum absolute atomic E-state index is 0.0736. The lowest BCUT2D eigenvalue weighted by Crippen LogP contribution is -2.48. The van der Waals surface area contributed by atoms with E-state index in [0.717, 1.165) is 43.2 Å². The molecule has 0 radical (unpaired) electrons. The zero-order valence-electron chi connectivity index (χ0n) is 14.1. The van der Waals surface area contributed by atoms with Crippen LogP contribution in [0.1, 0.15) is 25.8 Å². The Hall–Kier alpha value is -1.10. The summed E-state index contributed by atoms with van der Waals surface area (Å²) in [6.07, 6.45) is 1.32. The topological polar surface area (TPSA) is 41.6 Å². The third-order valence-electron chi connectivity index (χ3n) is 3.93. The van der Waals surface area contributed by atoms with Gasteiger partial charge in [0.05, 0.1) is 12.7 Å². The van der Waals surface area contributed by atoms with Gasteiger partial charge in [0.15, 0.2) is 0 Å². The maximum atomic E-state index is 12.0. The van der Waals surface area contributed by atoms with Gasteiger partial charge in [-0.2, -0.15) is 0 Å². The molecule has 1 atom stereocenters. The first kappa shape index (κ1) is 18.2. The van der Waals surface area contributed by atoms with Crippen LogP contribution in [0.5, 0.6) is 0 Å². The monoisotopic (exact) mass is 338 g/mol. The standard InChI is InChI=1S/C18H27ClN2O2/c1-14(2)12-21-9-10-23-17(13-21)11-20-18(22)8-5-15-3-6-16(19)7-4-15/h3-4,6-7,14,17H,5,8-13H2,1-2H3,(H,20,22). The minimum Gasteiger partial charge on any atom is -0.374 e. The molecule has 1 amide bonds. The van der Waals surface area contributed by atoms with Crippen LogP contribution in [0.3, 0.4) is 0 Å². The van der Waals surface area contributed by atoms with Crippen molar-refractivity contribution in [3.63, 3.8) is 0 Å². The number of nitrogens with zero attached hydrogens (tertiary/aromatic N) is 1. The maximum absolute atomic E-state index is 12.0. The molecular formula is C18H27ClN2O2. The molecule has 0 aliphatic carbocycles. The Morgan fingerprint density at radius 1 is 1.39 bits per heavy atom. The van der Waals surface area contributed by atoms with Crippen LogP contribution in [0, 0.1) is 5.92 Å². The van der Waals surface area contributed by atoms with Gasteiger partial charge in [0.1, 0.15) is 0 Å². The summed E-state index contributed by atoms with van der Waals surface area (Å²) in [5, 5.41) is 3.71. The molecule has 2 rings (SSSR count). The van der Waals surface area contributed by atoms with Crippen molar-refractivity contribution < 1.29 is 9.53 Å². The highest BCUT2D eigenvalue weighted by atomic mass is 35.5. The number of hydrogen-bond donors (Lipinski definition) is 1. The van der Waals surface area contributed by atoms with Crippen LogP contribution < -0.4 is 5.32 Å². The molecule has 5 heteroatoms. The average molecular weight is 339 g/mol. The molecule has 1 saturated heterocycles. The number of aryl methyl sites for hydroxylation is 1. The van der Waals surface area contributed by atoms with Crippen LogP contribution in [0.2, 0.25) is 5.02 Å². The SMILES string of the molecule is CC(C)CN1CCOC(CNC(=O)CCc2ccc(Cl)cc2)C1. The Labute approximate surface area is 144 Å². The highest BCUT2D eigenvalue weighted by Crippen LogP contribution is 2.11. The summed E-state index contributed by atoms with van der Waals surface area (Å²) < 4.78 is 5.75. The normalized spacial score (nSPS) is 19.0. The van der Waals surface area contributed by atoms with Gasteiger partial charge < -0.3 is 10.1 Å². The first-order chi connectivity index (χ1) is 11.0. The number of carbonyl (C=O) groups excluding carboxylic acids is 1.